The van der Waals surface area contributed by atoms with Crippen LogP contribution in [-0.4, -0.2) is 79.6 Å². The van der Waals surface area contributed by atoms with E-state index >= 15 is 0 Å². The number of nitrogens with zero attached hydrogens (tertiary/aromatic N) is 2. The number of aliphatic hydroxyl groups is 1. The molecule has 0 aromatic heterocycles. The van der Waals surface area contributed by atoms with Crippen molar-refractivity contribution >= 4 is 27.6 Å². The number of ether oxygens (including phenoxy) is 1. The molecule has 208 valence electrons. The van der Waals surface area contributed by atoms with E-state index in [9.17, 15) is 23.1 Å². The first kappa shape index (κ1) is 29.4. The van der Waals surface area contributed by atoms with Crippen molar-refractivity contribution in [1.29, 1.82) is 0 Å². The number of sulfonamides is 1. The maximum atomic E-state index is 13.6. The number of benzene rings is 2. The van der Waals surface area contributed by atoms with Crippen molar-refractivity contribution < 1.29 is 27.9 Å². The molecule has 0 unspecified atom stereocenters. The standard InChI is InChI=1S/C27H38N4O6S/c1-17(2)28-27(34)29-21-9-12-24-23(13-21)26(33)31(20(5)16-32)14-19(4)25(37-24)15-30(6)38(35,36)22-10-7-18(3)8-11-22/h7-13,17,19-20,25,32H,14-16H2,1-6H3,(H2,28,29,34)/t19-,20-,25+/m0/s1. The van der Waals surface area contributed by atoms with E-state index in [4.69, 9.17) is 4.74 Å². The molecule has 0 aliphatic carbocycles. The summed E-state index contributed by atoms with van der Waals surface area (Å²) in [5.74, 6) is -0.329. The van der Waals surface area contributed by atoms with Gasteiger partial charge in [0.05, 0.1) is 29.7 Å². The SMILES string of the molecule is Cc1ccc(S(=O)(=O)N(C)C[C@H]2Oc3ccc(NC(=O)NC(C)C)cc3C(=O)N([C@@H](C)CO)C[C@@H]2C)cc1. The largest absolute Gasteiger partial charge is 0.488 e. The van der Waals surface area contributed by atoms with E-state index in [2.05, 4.69) is 10.6 Å². The number of hydrogen-bond acceptors (Lipinski definition) is 6. The molecule has 0 radical (unpaired) electrons. The summed E-state index contributed by atoms with van der Waals surface area (Å²) in [6, 6.07) is 10.5. The normalized spacial score (nSPS) is 18.9. The molecule has 0 fully saturated rings. The number of fused-ring (bicyclic) bond motifs is 1. The van der Waals surface area contributed by atoms with Gasteiger partial charge in [-0.25, -0.2) is 13.2 Å². The quantitative estimate of drug-likeness (QED) is 0.467. The van der Waals surface area contributed by atoms with Crippen molar-refractivity contribution in [2.24, 2.45) is 5.92 Å². The molecule has 0 bridgehead atoms. The third-order valence-electron chi connectivity index (χ3n) is 6.51. The number of nitrogens with one attached hydrogen (secondary N) is 2. The van der Waals surface area contributed by atoms with Crippen LogP contribution in [-0.2, 0) is 10.0 Å². The van der Waals surface area contributed by atoms with Gasteiger partial charge in [-0.15, -0.1) is 0 Å². The first-order valence-electron chi connectivity index (χ1n) is 12.7. The number of aliphatic hydroxyl groups excluding tert-OH is 1. The van der Waals surface area contributed by atoms with Crippen molar-refractivity contribution in [2.45, 2.75) is 57.7 Å². The van der Waals surface area contributed by atoms with Gasteiger partial charge in [0.1, 0.15) is 11.9 Å². The number of anilines is 1. The summed E-state index contributed by atoms with van der Waals surface area (Å²) in [4.78, 5) is 27.5. The lowest BCUT2D eigenvalue weighted by atomic mass is 9.99. The molecule has 11 heteroatoms. The molecular formula is C27H38N4O6S. The van der Waals surface area contributed by atoms with Crippen molar-refractivity contribution in [3.8, 4) is 5.75 Å². The van der Waals surface area contributed by atoms with Gasteiger partial charge in [-0.1, -0.05) is 24.6 Å². The molecule has 2 aromatic carbocycles. The van der Waals surface area contributed by atoms with Crippen LogP contribution in [0.25, 0.3) is 0 Å². The second kappa shape index (κ2) is 12.1. The Morgan fingerprint density at radius 3 is 2.45 bits per heavy atom. The minimum absolute atomic E-state index is 0.0448. The highest BCUT2D eigenvalue weighted by Gasteiger charge is 2.35. The molecule has 3 atom stereocenters. The zero-order valence-corrected chi connectivity index (χ0v) is 23.6. The summed E-state index contributed by atoms with van der Waals surface area (Å²) in [5.41, 5.74) is 1.58. The average molecular weight is 547 g/mol. The Morgan fingerprint density at radius 2 is 1.84 bits per heavy atom. The Kier molecular flexibility index (Phi) is 9.40. The van der Waals surface area contributed by atoms with Crippen LogP contribution < -0.4 is 15.4 Å². The molecule has 0 saturated heterocycles. The summed E-state index contributed by atoms with van der Waals surface area (Å²) in [6.07, 6.45) is -0.594. The topological polar surface area (TPSA) is 128 Å². The lowest BCUT2D eigenvalue weighted by Crippen LogP contribution is -2.50. The molecule has 1 aliphatic rings. The van der Waals surface area contributed by atoms with Crippen LogP contribution >= 0.6 is 0 Å². The van der Waals surface area contributed by atoms with Gasteiger partial charge in [0.15, 0.2) is 0 Å². The Hall–Kier alpha value is -3.15. The van der Waals surface area contributed by atoms with Gasteiger partial charge in [-0.05, 0) is 58.0 Å². The minimum atomic E-state index is -3.77. The Balaban J connectivity index is 1.94. The third kappa shape index (κ3) is 6.83. The van der Waals surface area contributed by atoms with E-state index < -0.39 is 28.2 Å². The third-order valence-corrected chi connectivity index (χ3v) is 8.35. The molecule has 3 rings (SSSR count). The van der Waals surface area contributed by atoms with Gasteiger partial charge in [0, 0.05) is 31.2 Å². The second-order valence-electron chi connectivity index (χ2n) is 10.2. The van der Waals surface area contributed by atoms with E-state index in [0.717, 1.165) is 5.56 Å². The van der Waals surface area contributed by atoms with Crippen molar-refractivity contribution in [3.05, 3.63) is 53.6 Å². The highest BCUT2D eigenvalue weighted by atomic mass is 32.2. The molecule has 1 aliphatic heterocycles. The van der Waals surface area contributed by atoms with E-state index in [0.29, 0.717) is 5.69 Å². The number of carbonyl (C=O) groups is 2. The van der Waals surface area contributed by atoms with Crippen molar-refractivity contribution in [3.63, 3.8) is 0 Å². The molecule has 2 aromatic rings. The first-order valence-corrected chi connectivity index (χ1v) is 14.1. The maximum absolute atomic E-state index is 13.6. The van der Waals surface area contributed by atoms with E-state index in [-0.39, 0.29) is 53.8 Å². The number of rotatable bonds is 8. The molecular weight excluding hydrogens is 508 g/mol. The zero-order chi connectivity index (χ0) is 28.2. The average Bonchev–Trinajstić information content (AvgIpc) is 2.85. The van der Waals surface area contributed by atoms with Crippen molar-refractivity contribution in [2.75, 3.05) is 32.1 Å². The number of amides is 3. The highest BCUT2D eigenvalue weighted by molar-refractivity contribution is 7.89. The van der Waals surface area contributed by atoms with Crippen LogP contribution in [0.5, 0.6) is 5.75 Å². The van der Waals surface area contributed by atoms with Gasteiger partial charge in [-0.2, -0.15) is 4.31 Å². The summed E-state index contributed by atoms with van der Waals surface area (Å²) < 4.78 is 34.0. The molecule has 0 saturated carbocycles. The van der Waals surface area contributed by atoms with Crippen LogP contribution in [0.1, 0.15) is 43.6 Å². The summed E-state index contributed by atoms with van der Waals surface area (Å²) in [5, 5.41) is 15.3. The molecule has 0 spiro atoms. The molecule has 3 N–H and O–H groups in total. The van der Waals surface area contributed by atoms with Crippen LogP contribution in [0.2, 0.25) is 0 Å². The van der Waals surface area contributed by atoms with Gasteiger partial charge in [0.25, 0.3) is 5.91 Å². The van der Waals surface area contributed by atoms with Gasteiger partial charge in [-0.3, -0.25) is 4.79 Å². The summed E-state index contributed by atoms with van der Waals surface area (Å²) in [6.45, 7) is 9.24. The predicted molar refractivity (Wildman–Crippen MR) is 146 cm³/mol. The maximum Gasteiger partial charge on any atom is 0.319 e. The fourth-order valence-corrected chi connectivity index (χ4v) is 5.37. The van der Waals surface area contributed by atoms with Crippen LogP contribution in [0.3, 0.4) is 0 Å². The van der Waals surface area contributed by atoms with Crippen LogP contribution in [0, 0.1) is 12.8 Å². The Morgan fingerprint density at radius 1 is 1.18 bits per heavy atom. The van der Waals surface area contributed by atoms with E-state index in [1.165, 1.54) is 17.4 Å². The lowest BCUT2D eigenvalue weighted by molar-refractivity contribution is 0.0387. The fourth-order valence-electron chi connectivity index (χ4n) is 4.19. The molecule has 3 amide bonds. The smallest absolute Gasteiger partial charge is 0.319 e. The molecule has 10 nitrogen and oxygen atoms in total. The van der Waals surface area contributed by atoms with E-state index in [1.807, 2.05) is 27.7 Å². The number of urea groups is 1. The highest BCUT2D eigenvalue weighted by Crippen LogP contribution is 2.31. The van der Waals surface area contributed by atoms with E-state index in [1.54, 1.807) is 48.2 Å². The summed E-state index contributed by atoms with van der Waals surface area (Å²) in [7, 11) is -2.27. The molecule has 1 heterocycles. The van der Waals surface area contributed by atoms with Crippen LogP contribution in [0.4, 0.5) is 10.5 Å². The number of aryl methyl sites for hydroxylation is 1. The first-order chi connectivity index (χ1) is 17.8. The monoisotopic (exact) mass is 546 g/mol. The van der Waals surface area contributed by atoms with Gasteiger partial charge in [0.2, 0.25) is 10.0 Å². The van der Waals surface area contributed by atoms with Gasteiger partial charge >= 0.3 is 6.03 Å². The van der Waals surface area contributed by atoms with Gasteiger partial charge < -0.3 is 25.4 Å². The Labute approximate surface area is 225 Å². The second-order valence-corrected chi connectivity index (χ2v) is 12.2. The number of carbonyl (C=O) groups excluding carboxylic acids is 2. The molecule has 38 heavy (non-hydrogen) atoms. The number of likely N-dealkylation sites (N-methyl/N-ethyl adjacent to an activating group) is 1. The number of hydrogen-bond donors (Lipinski definition) is 3. The van der Waals surface area contributed by atoms with Crippen LogP contribution in [0.15, 0.2) is 47.4 Å². The Bertz CT molecular complexity index is 1250. The predicted octanol–water partition coefficient (Wildman–Crippen LogP) is 3.07. The zero-order valence-electron chi connectivity index (χ0n) is 22.8. The fraction of sp³-hybridized carbons (Fsp3) is 0.481. The summed E-state index contributed by atoms with van der Waals surface area (Å²) >= 11 is 0. The minimum Gasteiger partial charge on any atom is -0.488 e. The van der Waals surface area contributed by atoms with Crippen molar-refractivity contribution in [1.82, 2.24) is 14.5 Å². The lowest BCUT2D eigenvalue weighted by Gasteiger charge is -2.38.